The third-order valence-corrected chi connectivity index (χ3v) is 3.80. The van der Waals surface area contributed by atoms with E-state index in [1.165, 1.54) is 36.4 Å². The number of carbonyl (C=O) groups is 1. The Kier molecular flexibility index (Phi) is 4.42. The number of nitrogens with zero attached hydrogens (tertiary/aromatic N) is 2. The molecule has 0 bridgehead atoms. The number of ketones is 1. The zero-order valence-corrected chi connectivity index (χ0v) is 12.2. The van der Waals surface area contributed by atoms with E-state index >= 15 is 0 Å². The van der Waals surface area contributed by atoms with Crippen LogP contribution < -0.4 is 0 Å². The Hall–Kier alpha value is -2.87. The number of benzene rings is 1. The molecule has 0 aliphatic heterocycles. The molecule has 1 heterocycles. The zero-order valence-electron chi connectivity index (χ0n) is 11.4. The van der Waals surface area contributed by atoms with Crippen molar-refractivity contribution in [3.05, 3.63) is 72.6 Å². The molecule has 8 heteroatoms. The van der Waals surface area contributed by atoms with Crippen LogP contribution in [0.5, 0.6) is 0 Å². The number of nitro groups is 2. The van der Waals surface area contributed by atoms with Gasteiger partial charge in [-0.2, -0.15) is 0 Å². The Balaban J connectivity index is 2.21. The topological polar surface area (TPSA) is 103 Å². The Morgan fingerprint density at radius 3 is 2.50 bits per heavy atom. The van der Waals surface area contributed by atoms with E-state index in [-0.39, 0.29) is 16.3 Å². The zero-order chi connectivity index (χ0) is 16.3. The van der Waals surface area contributed by atoms with E-state index in [9.17, 15) is 25.0 Å². The second kappa shape index (κ2) is 6.27. The standard InChI is InChI=1S/C14H10N2O5S/c1-9-2-4-11(7-12(9)15(18)19)13(17)5-3-10-6-14(16(20)21)22-8-10/h2-8H,1H3/b5-3+. The molecular weight excluding hydrogens is 308 g/mol. The molecule has 0 N–H and O–H groups in total. The molecule has 7 nitrogen and oxygen atoms in total. The van der Waals surface area contributed by atoms with Crippen LogP contribution in [0.1, 0.15) is 21.5 Å². The maximum absolute atomic E-state index is 12.0. The van der Waals surface area contributed by atoms with Crippen molar-refractivity contribution >= 4 is 33.9 Å². The summed E-state index contributed by atoms with van der Waals surface area (Å²) in [5.74, 6) is -0.406. The fourth-order valence-electron chi connectivity index (χ4n) is 1.75. The number of aryl methyl sites for hydroxylation is 1. The van der Waals surface area contributed by atoms with Gasteiger partial charge >= 0.3 is 5.00 Å². The molecule has 0 atom stereocenters. The number of thiophene rings is 1. The van der Waals surface area contributed by atoms with Crippen LogP contribution in [-0.2, 0) is 0 Å². The van der Waals surface area contributed by atoms with Gasteiger partial charge in [0.05, 0.1) is 9.85 Å². The largest absolute Gasteiger partial charge is 0.324 e. The van der Waals surface area contributed by atoms with Crippen LogP contribution in [-0.4, -0.2) is 15.6 Å². The highest BCUT2D eigenvalue weighted by atomic mass is 32.1. The van der Waals surface area contributed by atoms with Crippen molar-refractivity contribution in [1.29, 1.82) is 0 Å². The molecule has 0 saturated heterocycles. The van der Waals surface area contributed by atoms with E-state index in [1.807, 2.05) is 0 Å². The van der Waals surface area contributed by atoms with Crippen LogP contribution in [0.2, 0.25) is 0 Å². The van der Waals surface area contributed by atoms with Gasteiger partial charge in [0.2, 0.25) is 0 Å². The lowest BCUT2D eigenvalue weighted by atomic mass is 10.1. The van der Waals surface area contributed by atoms with E-state index in [4.69, 9.17) is 0 Å². The molecule has 22 heavy (non-hydrogen) atoms. The second-order valence-electron chi connectivity index (χ2n) is 4.43. The van der Waals surface area contributed by atoms with Gasteiger partial charge in [-0.1, -0.05) is 23.5 Å². The molecule has 0 saturated carbocycles. The first-order valence-corrected chi connectivity index (χ1v) is 6.97. The fraction of sp³-hybridized carbons (Fsp3) is 0.0714. The molecule has 112 valence electrons. The molecule has 0 unspecified atom stereocenters. The van der Waals surface area contributed by atoms with Crippen molar-refractivity contribution in [3.8, 4) is 0 Å². The summed E-state index contributed by atoms with van der Waals surface area (Å²) in [5.41, 5.74) is 1.08. The predicted molar refractivity (Wildman–Crippen MR) is 82.2 cm³/mol. The van der Waals surface area contributed by atoms with Crippen LogP contribution in [0.4, 0.5) is 10.7 Å². The molecule has 0 amide bonds. The summed E-state index contributed by atoms with van der Waals surface area (Å²) < 4.78 is 0. The Morgan fingerprint density at radius 1 is 1.18 bits per heavy atom. The summed E-state index contributed by atoms with van der Waals surface area (Å²) in [4.78, 5) is 32.4. The summed E-state index contributed by atoms with van der Waals surface area (Å²) in [6, 6.07) is 5.59. The lowest BCUT2D eigenvalue weighted by molar-refractivity contribution is -0.385. The van der Waals surface area contributed by atoms with E-state index in [0.717, 1.165) is 11.3 Å². The summed E-state index contributed by atoms with van der Waals surface area (Å²) in [7, 11) is 0. The molecule has 1 aromatic carbocycles. The lowest BCUT2D eigenvalue weighted by Gasteiger charge is -1.99. The van der Waals surface area contributed by atoms with Crippen LogP contribution >= 0.6 is 11.3 Å². The number of hydrogen-bond acceptors (Lipinski definition) is 6. The third kappa shape index (κ3) is 3.41. The van der Waals surface area contributed by atoms with E-state index in [1.54, 1.807) is 12.3 Å². The van der Waals surface area contributed by atoms with E-state index < -0.39 is 15.6 Å². The quantitative estimate of drug-likeness (QED) is 0.361. The molecule has 0 aliphatic rings. The van der Waals surface area contributed by atoms with Crippen molar-refractivity contribution in [2.45, 2.75) is 6.92 Å². The maximum Gasteiger partial charge on any atom is 0.324 e. The van der Waals surface area contributed by atoms with Gasteiger partial charge in [0.1, 0.15) is 0 Å². The fourth-order valence-corrected chi connectivity index (χ4v) is 2.44. The van der Waals surface area contributed by atoms with Gasteiger partial charge in [-0.25, -0.2) is 0 Å². The van der Waals surface area contributed by atoms with Gasteiger partial charge in [0.25, 0.3) is 5.69 Å². The van der Waals surface area contributed by atoms with Crippen LogP contribution in [0.3, 0.4) is 0 Å². The van der Waals surface area contributed by atoms with E-state index in [0.29, 0.717) is 11.1 Å². The van der Waals surface area contributed by atoms with E-state index in [2.05, 4.69) is 0 Å². The maximum atomic E-state index is 12.0. The third-order valence-electron chi connectivity index (χ3n) is 2.90. The summed E-state index contributed by atoms with van der Waals surface area (Å²) in [5, 5.41) is 23.0. The number of carbonyl (C=O) groups excluding carboxylic acids is 1. The molecule has 1 aromatic heterocycles. The van der Waals surface area contributed by atoms with Crippen molar-refractivity contribution in [3.63, 3.8) is 0 Å². The van der Waals surface area contributed by atoms with Crippen molar-refractivity contribution < 1.29 is 14.6 Å². The highest BCUT2D eigenvalue weighted by Gasteiger charge is 2.14. The molecular formula is C14H10N2O5S. The Bertz CT molecular complexity index is 794. The molecule has 0 fully saturated rings. The lowest BCUT2D eigenvalue weighted by Crippen LogP contribution is -1.98. The SMILES string of the molecule is Cc1ccc(C(=O)/C=C/c2csc([N+](=O)[O-])c2)cc1[N+](=O)[O-]. The minimum atomic E-state index is -0.544. The van der Waals surface area contributed by atoms with Gasteiger partial charge in [-0.05, 0) is 24.6 Å². The molecule has 0 aliphatic carbocycles. The van der Waals surface area contributed by atoms with Gasteiger partial charge in [0.15, 0.2) is 5.78 Å². The van der Waals surface area contributed by atoms with Crippen LogP contribution in [0.15, 0.2) is 35.7 Å². The monoisotopic (exact) mass is 318 g/mol. The predicted octanol–water partition coefficient (Wildman–Crippen LogP) is 3.77. The smallest absolute Gasteiger partial charge is 0.289 e. The molecule has 0 radical (unpaired) electrons. The van der Waals surface area contributed by atoms with Gasteiger partial charge in [-0.15, -0.1) is 0 Å². The van der Waals surface area contributed by atoms with Crippen molar-refractivity contribution in [2.24, 2.45) is 0 Å². The summed E-state index contributed by atoms with van der Waals surface area (Å²) in [6.07, 6.45) is 2.68. The number of rotatable bonds is 5. The average molecular weight is 318 g/mol. The van der Waals surface area contributed by atoms with Gasteiger partial charge in [-0.3, -0.25) is 25.0 Å². The van der Waals surface area contributed by atoms with Crippen molar-refractivity contribution in [1.82, 2.24) is 0 Å². The average Bonchev–Trinajstić information content (AvgIpc) is 2.94. The normalized spacial score (nSPS) is 10.8. The minimum Gasteiger partial charge on any atom is -0.289 e. The molecule has 2 rings (SSSR count). The van der Waals surface area contributed by atoms with Gasteiger partial charge in [0, 0.05) is 28.6 Å². The minimum absolute atomic E-state index is 0.0157. The Labute approximate surface area is 128 Å². The second-order valence-corrected chi connectivity index (χ2v) is 5.32. The first-order chi connectivity index (χ1) is 10.4. The first kappa shape index (κ1) is 15.5. The Morgan fingerprint density at radius 2 is 1.91 bits per heavy atom. The number of allylic oxidation sites excluding steroid dienone is 1. The first-order valence-electron chi connectivity index (χ1n) is 6.09. The van der Waals surface area contributed by atoms with Crippen LogP contribution in [0.25, 0.3) is 6.08 Å². The highest BCUT2D eigenvalue weighted by molar-refractivity contribution is 7.13. The van der Waals surface area contributed by atoms with Gasteiger partial charge < -0.3 is 0 Å². The van der Waals surface area contributed by atoms with Crippen molar-refractivity contribution in [2.75, 3.05) is 0 Å². The van der Waals surface area contributed by atoms with Crippen LogP contribution in [0, 0.1) is 27.2 Å². The number of hydrogen-bond donors (Lipinski definition) is 0. The summed E-state index contributed by atoms with van der Waals surface area (Å²) in [6.45, 7) is 1.59. The number of nitro benzene ring substituents is 1. The summed E-state index contributed by atoms with van der Waals surface area (Å²) >= 11 is 0.963. The molecule has 2 aromatic rings. The highest BCUT2D eigenvalue weighted by Crippen LogP contribution is 2.24. The molecule has 0 spiro atoms.